The van der Waals surface area contributed by atoms with Crippen molar-refractivity contribution in [2.45, 2.75) is 31.6 Å². The van der Waals surface area contributed by atoms with Gasteiger partial charge in [0.05, 0.1) is 0 Å². The zero-order chi connectivity index (χ0) is 14.0. The van der Waals surface area contributed by atoms with Gasteiger partial charge in [-0.1, -0.05) is 0 Å². The first-order chi connectivity index (χ1) is 8.88. The summed E-state index contributed by atoms with van der Waals surface area (Å²) in [6.45, 7) is 0.271. The molecule has 2 rings (SSSR count). The fourth-order valence-corrected chi connectivity index (χ4v) is 2.67. The summed E-state index contributed by atoms with van der Waals surface area (Å²) in [5.41, 5.74) is 6.12. The van der Waals surface area contributed by atoms with E-state index in [9.17, 15) is 13.2 Å². The standard InChI is InChI=1S/C12H16F3N3S/c13-12(14,15)10(11(16)17)6-18(9-1-2-9)5-8-3-4-19-7-8/h3-4,7,9-10H,1-2,5-6H2,(H3,16,17). The third-order valence-corrected chi connectivity index (χ3v) is 3.95. The number of thiophene rings is 1. The summed E-state index contributed by atoms with van der Waals surface area (Å²) < 4.78 is 38.5. The van der Waals surface area contributed by atoms with Gasteiger partial charge < -0.3 is 5.73 Å². The molecule has 1 saturated carbocycles. The fraction of sp³-hybridized carbons (Fsp3) is 0.583. The number of nitrogens with zero attached hydrogens (tertiary/aromatic N) is 1. The SMILES string of the molecule is N=C(N)C(CN(Cc1ccsc1)C1CC1)C(F)(F)F. The average Bonchev–Trinajstić information content (AvgIpc) is 3.00. The van der Waals surface area contributed by atoms with Crippen LogP contribution in [0.5, 0.6) is 0 Å². The Morgan fingerprint density at radius 2 is 2.21 bits per heavy atom. The average molecular weight is 291 g/mol. The molecule has 19 heavy (non-hydrogen) atoms. The van der Waals surface area contributed by atoms with Crippen LogP contribution in [0.3, 0.4) is 0 Å². The van der Waals surface area contributed by atoms with E-state index in [1.54, 1.807) is 4.90 Å². The lowest BCUT2D eigenvalue weighted by Crippen LogP contribution is -2.44. The molecule has 0 aliphatic heterocycles. The van der Waals surface area contributed by atoms with Crippen LogP contribution in [-0.4, -0.2) is 29.5 Å². The minimum atomic E-state index is -4.45. The summed E-state index contributed by atoms with van der Waals surface area (Å²) in [6.07, 6.45) is -2.60. The number of amidine groups is 1. The van der Waals surface area contributed by atoms with E-state index in [4.69, 9.17) is 11.1 Å². The highest BCUT2D eigenvalue weighted by Crippen LogP contribution is 2.33. The van der Waals surface area contributed by atoms with Gasteiger partial charge in [-0.15, -0.1) is 0 Å². The molecule has 0 spiro atoms. The second-order valence-electron chi connectivity index (χ2n) is 4.84. The van der Waals surface area contributed by atoms with Gasteiger partial charge in [-0.3, -0.25) is 10.3 Å². The number of halogens is 3. The summed E-state index contributed by atoms with van der Waals surface area (Å²) in [7, 11) is 0. The molecule has 0 saturated heterocycles. The molecule has 1 atom stereocenters. The molecular weight excluding hydrogens is 275 g/mol. The van der Waals surface area contributed by atoms with Crippen molar-refractivity contribution >= 4 is 17.2 Å². The van der Waals surface area contributed by atoms with Crippen molar-refractivity contribution in [2.24, 2.45) is 11.7 Å². The molecule has 3 nitrogen and oxygen atoms in total. The van der Waals surface area contributed by atoms with Crippen LogP contribution < -0.4 is 5.73 Å². The van der Waals surface area contributed by atoms with Crippen LogP contribution >= 0.6 is 11.3 Å². The van der Waals surface area contributed by atoms with Crippen LogP contribution in [0.4, 0.5) is 13.2 Å². The van der Waals surface area contributed by atoms with E-state index in [0.29, 0.717) is 6.54 Å². The van der Waals surface area contributed by atoms with Gasteiger partial charge in [0.1, 0.15) is 11.8 Å². The minimum absolute atomic E-state index is 0.198. The first-order valence-electron chi connectivity index (χ1n) is 6.03. The largest absolute Gasteiger partial charge is 0.399 e. The molecule has 1 heterocycles. The van der Waals surface area contributed by atoms with Crippen LogP contribution in [0.25, 0.3) is 0 Å². The number of alkyl halides is 3. The Balaban J connectivity index is 2.05. The van der Waals surface area contributed by atoms with Crippen LogP contribution in [-0.2, 0) is 6.54 Å². The summed E-state index contributed by atoms with van der Waals surface area (Å²) in [5, 5.41) is 11.0. The normalized spacial score (nSPS) is 17.7. The molecule has 1 fully saturated rings. The molecule has 0 amide bonds. The Morgan fingerprint density at radius 3 is 2.63 bits per heavy atom. The topological polar surface area (TPSA) is 53.1 Å². The van der Waals surface area contributed by atoms with Gasteiger partial charge in [0.2, 0.25) is 0 Å². The second-order valence-corrected chi connectivity index (χ2v) is 5.62. The van der Waals surface area contributed by atoms with Gasteiger partial charge in [-0.2, -0.15) is 24.5 Å². The summed E-state index contributed by atoms with van der Waals surface area (Å²) in [5.74, 6) is -2.67. The van der Waals surface area contributed by atoms with E-state index >= 15 is 0 Å². The molecule has 1 aromatic heterocycles. The number of rotatable bonds is 6. The third-order valence-electron chi connectivity index (χ3n) is 3.22. The second kappa shape index (κ2) is 5.50. The van der Waals surface area contributed by atoms with Crippen molar-refractivity contribution in [1.82, 2.24) is 4.90 Å². The summed E-state index contributed by atoms with van der Waals surface area (Å²) >= 11 is 1.53. The van der Waals surface area contributed by atoms with Crippen LogP contribution in [0.15, 0.2) is 16.8 Å². The van der Waals surface area contributed by atoms with Gasteiger partial charge in [-0.05, 0) is 35.2 Å². The quantitative estimate of drug-likeness (QED) is 0.625. The lowest BCUT2D eigenvalue weighted by atomic mass is 10.1. The monoisotopic (exact) mass is 291 g/mol. The Labute approximate surface area is 113 Å². The first kappa shape index (κ1) is 14.3. The molecule has 1 aliphatic rings. The highest BCUT2D eigenvalue weighted by atomic mass is 32.1. The minimum Gasteiger partial charge on any atom is -0.387 e. The zero-order valence-corrected chi connectivity index (χ0v) is 11.1. The van der Waals surface area contributed by atoms with Crippen LogP contribution in [0.1, 0.15) is 18.4 Å². The number of nitrogens with one attached hydrogen (secondary N) is 1. The Hall–Kier alpha value is -1.08. The van der Waals surface area contributed by atoms with E-state index in [-0.39, 0.29) is 12.6 Å². The van der Waals surface area contributed by atoms with E-state index < -0.39 is 17.9 Å². The Bertz CT molecular complexity index is 426. The molecule has 0 radical (unpaired) electrons. The van der Waals surface area contributed by atoms with E-state index in [2.05, 4.69) is 0 Å². The lowest BCUT2D eigenvalue weighted by Gasteiger charge is -2.28. The van der Waals surface area contributed by atoms with E-state index in [1.165, 1.54) is 11.3 Å². The zero-order valence-electron chi connectivity index (χ0n) is 10.3. The molecule has 0 bridgehead atoms. The van der Waals surface area contributed by atoms with Gasteiger partial charge in [0.25, 0.3) is 0 Å². The van der Waals surface area contributed by atoms with Gasteiger partial charge in [0, 0.05) is 19.1 Å². The molecule has 0 aromatic carbocycles. The predicted octanol–water partition coefficient (Wildman–Crippen LogP) is 2.83. The van der Waals surface area contributed by atoms with E-state index in [0.717, 1.165) is 18.4 Å². The van der Waals surface area contributed by atoms with Crippen molar-refractivity contribution in [1.29, 1.82) is 5.41 Å². The molecule has 7 heteroatoms. The lowest BCUT2D eigenvalue weighted by molar-refractivity contribution is -0.160. The Morgan fingerprint density at radius 1 is 1.53 bits per heavy atom. The number of hydrogen-bond acceptors (Lipinski definition) is 3. The van der Waals surface area contributed by atoms with Gasteiger partial charge >= 0.3 is 6.18 Å². The van der Waals surface area contributed by atoms with Crippen molar-refractivity contribution in [3.63, 3.8) is 0 Å². The smallest absolute Gasteiger partial charge is 0.387 e. The highest BCUT2D eigenvalue weighted by molar-refractivity contribution is 7.07. The maximum absolute atomic E-state index is 12.8. The molecule has 106 valence electrons. The van der Waals surface area contributed by atoms with Crippen molar-refractivity contribution in [3.8, 4) is 0 Å². The summed E-state index contributed by atoms with van der Waals surface area (Å²) in [6, 6.07) is 2.11. The highest BCUT2D eigenvalue weighted by Gasteiger charge is 2.44. The van der Waals surface area contributed by atoms with Crippen LogP contribution in [0.2, 0.25) is 0 Å². The predicted molar refractivity (Wildman–Crippen MR) is 69.2 cm³/mol. The van der Waals surface area contributed by atoms with Crippen LogP contribution in [0, 0.1) is 11.3 Å². The molecule has 1 aliphatic carbocycles. The molecular formula is C12H16F3N3S. The van der Waals surface area contributed by atoms with E-state index in [1.807, 2.05) is 16.8 Å². The first-order valence-corrected chi connectivity index (χ1v) is 6.98. The van der Waals surface area contributed by atoms with Crippen molar-refractivity contribution < 1.29 is 13.2 Å². The summed E-state index contributed by atoms with van der Waals surface area (Å²) in [4.78, 5) is 1.79. The number of nitrogens with two attached hydrogens (primary N) is 1. The number of hydrogen-bond donors (Lipinski definition) is 2. The van der Waals surface area contributed by atoms with Gasteiger partial charge in [-0.25, -0.2) is 0 Å². The van der Waals surface area contributed by atoms with Crippen molar-refractivity contribution in [3.05, 3.63) is 22.4 Å². The van der Waals surface area contributed by atoms with Gasteiger partial charge in [0.15, 0.2) is 0 Å². The molecule has 1 aromatic rings. The molecule has 1 unspecified atom stereocenters. The fourth-order valence-electron chi connectivity index (χ4n) is 2.01. The third kappa shape index (κ3) is 3.94. The maximum atomic E-state index is 12.8. The molecule has 3 N–H and O–H groups in total. The maximum Gasteiger partial charge on any atom is 0.399 e. The van der Waals surface area contributed by atoms with Crippen molar-refractivity contribution in [2.75, 3.05) is 6.54 Å². The Kier molecular flexibility index (Phi) is 4.15.